The van der Waals surface area contributed by atoms with Crippen LogP contribution in [0.5, 0.6) is 0 Å². The van der Waals surface area contributed by atoms with Crippen LogP contribution in [-0.2, 0) is 9.59 Å². The lowest BCUT2D eigenvalue weighted by Crippen LogP contribution is -2.49. The molecule has 34 heavy (non-hydrogen) atoms. The molecule has 1 aliphatic rings. The van der Waals surface area contributed by atoms with E-state index in [4.69, 9.17) is 24.4 Å². The molecule has 180 valence electrons. The van der Waals surface area contributed by atoms with Gasteiger partial charge in [-0.15, -0.1) is 0 Å². The molecule has 1 fully saturated rings. The number of amides is 2. The van der Waals surface area contributed by atoms with Crippen molar-refractivity contribution < 1.29 is 9.59 Å². The summed E-state index contributed by atoms with van der Waals surface area (Å²) >= 11 is 17.3. The topological polar surface area (TPSA) is 82.3 Å². The first-order valence-electron chi connectivity index (χ1n) is 10.8. The third-order valence-electron chi connectivity index (χ3n) is 6.25. The van der Waals surface area contributed by atoms with E-state index in [1.807, 2.05) is 48.5 Å². The van der Waals surface area contributed by atoms with E-state index in [9.17, 15) is 9.59 Å². The second-order valence-electron chi connectivity index (χ2n) is 8.88. The zero-order valence-electron chi connectivity index (χ0n) is 18.8. The maximum Gasteiger partial charge on any atom is 0.226 e. The molecule has 0 aliphatic heterocycles. The number of carbonyl (C=O) groups excluding carboxylic acids is 2. The first kappa shape index (κ1) is 26.7. The summed E-state index contributed by atoms with van der Waals surface area (Å²) in [5.41, 5.74) is 1.46. The Morgan fingerprint density at radius 1 is 0.794 bits per heavy atom. The lowest BCUT2D eigenvalue weighted by molar-refractivity contribution is -0.130. The summed E-state index contributed by atoms with van der Waals surface area (Å²) in [5.74, 6) is 0.0909. The van der Waals surface area contributed by atoms with Crippen LogP contribution in [0.25, 0.3) is 0 Å². The Labute approximate surface area is 227 Å². The van der Waals surface area contributed by atoms with Crippen molar-refractivity contribution >= 4 is 89.7 Å². The predicted molar refractivity (Wildman–Crippen MR) is 152 cm³/mol. The Bertz CT molecular complexity index is 992. The quantitative estimate of drug-likeness (QED) is 0.296. The molecule has 2 unspecified atom stereocenters. The number of hydrogen-bond acceptors (Lipinski definition) is 4. The van der Waals surface area contributed by atoms with Gasteiger partial charge in [0.15, 0.2) is 10.2 Å². The number of thiocarbonyl (C=S) groups is 2. The number of rotatable bonds is 6. The zero-order chi connectivity index (χ0) is 24.9. The van der Waals surface area contributed by atoms with E-state index in [-0.39, 0.29) is 39.3 Å². The van der Waals surface area contributed by atoms with Gasteiger partial charge in [0.1, 0.15) is 0 Å². The van der Waals surface area contributed by atoms with Crippen LogP contribution < -0.4 is 21.3 Å². The van der Waals surface area contributed by atoms with Crippen molar-refractivity contribution in [1.29, 1.82) is 0 Å². The van der Waals surface area contributed by atoms with Gasteiger partial charge in [-0.2, -0.15) is 0 Å². The lowest BCUT2D eigenvalue weighted by atomic mass is 9.53. The van der Waals surface area contributed by atoms with Gasteiger partial charge in [0.05, 0.1) is 0 Å². The Kier molecular flexibility index (Phi) is 9.20. The molecule has 2 aromatic carbocycles. The molecule has 0 aromatic heterocycles. The van der Waals surface area contributed by atoms with Crippen LogP contribution in [0.4, 0.5) is 11.4 Å². The predicted octanol–water partition coefficient (Wildman–Crippen LogP) is 5.98. The van der Waals surface area contributed by atoms with Crippen LogP contribution in [-0.4, -0.2) is 22.0 Å². The van der Waals surface area contributed by atoms with Gasteiger partial charge < -0.3 is 21.3 Å². The van der Waals surface area contributed by atoms with Crippen LogP contribution in [0.1, 0.15) is 33.1 Å². The maximum absolute atomic E-state index is 12.5. The van der Waals surface area contributed by atoms with Crippen LogP contribution in [0, 0.1) is 17.3 Å². The van der Waals surface area contributed by atoms with Crippen molar-refractivity contribution in [3.63, 3.8) is 0 Å². The average Bonchev–Trinajstić information content (AvgIpc) is 2.76. The molecular weight excluding hydrogens is 600 g/mol. The van der Waals surface area contributed by atoms with Crippen LogP contribution in [0.3, 0.4) is 0 Å². The van der Waals surface area contributed by atoms with Crippen LogP contribution in [0.2, 0.25) is 0 Å². The highest BCUT2D eigenvalue weighted by Crippen LogP contribution is 2.54. The fourth-order valence-corrected chi connectivity index (χ4v) is 5.00. The van der Waals surface area contributed by atoms with Crippen molar-refractivity contribution in [3.05, 3.63) is 57.5 Å². The van der Waals surface area contributed by atoms with E-state index in [1.165, 1.54) is 0 Å². The Balaban J connectivity index is 1.40. The molecule has 4 N–H and O–H groups in total. The van der Waals surface area contributed by atoms with E-state index >= 15 is 0 Å². The van der Waals surface area contributed by atoms with E-state index in [2.05, 4.69) is 67.0 Å². The average molecular weight is 626 g/mol. The molecule has 6 nitrogen and oxygen atoms in total. The number of nitrogens with one attached hydrogen (secondary N) is 4. The lowest BCUT2D eigenvalue weighted by Gasteiger charge is -2.52. The van der Waals surface area contributed by atoms with Crippen LogP contribution >= 0.6 is 56.3 Å². The minimum atomic E-state index is -0.143. The number of halogens is 2. The fourth-order valence-electron chi connectivity index (χ4n) is 4.01. The van der Waals surface area contributed by atoms with Crippen molar-refractivity contribution in [1.82, 2.24) is 10.6 Å². The molecule has 2 atom stereocenters. The zero-order valence-corrected chi connectivity index (χ0v) is 23.6. The Morgan fingerprint density at radius 2 is 1.15 bits per heavy atom. The van der Waals surface area contributed by atoms with Gasteiger partial charge in [0.2, 0.25) is 11.8 Å². The monoisotopic (exact) mass is 624 g/mol. The summed E-state index contributed by atoms with van der Waals surface area (Å²) in [4.78, 5) is 25.0. The highest BCUT2D eigenvalue weighted by molar-refractivity contribution is 9.10. The Morgan fingerprint density at radius 3 is 1.47 bits per heavy atom. The third-order valence-corrected chi connectivity index (χ3v) is 7.71. The molecule has 0 radical (unpaired) electrons. The summed E-state index contributed by atoms with van der Waals surface area (Å²) < 4.78 is 1.93. The molecular formula is C24H26Br2N4O2S2. The number of anilines is 2. The highest BCUT2D eigenvalue weighted by atomic mass is 79.9. The van der Waals surface area contributed by atoms with Gasteiger partial charge in [-0.1, -0.05) is 45.7 Å². The van der Waals surface area contributed by atoms with E-state index < -0.39 is 0 Å². The van der Waals surface area contributed by atoms with Crippen molar-refractivity contribution in [2.45, 2.75) is 33.1 Å². The minimum absolute atomic E-state index is 0.129. The maximum atomic E-state index is 12.5. The highest BCUT2D eigenvalue weighted by Gasteiger charge is 2.49. The second-order valence-corrected chi connectivity index (χ2v) is 11.5. The summed E-state index contributed by atoms with van der Waals surface area (Å²) in [6, 6.07) is 15.0. The van der Waals surface area contributed by atoms with Crippen molar-refractivity contribution in [2.75, 3.05) is 10.6 Å². The fraction of sp³-hybridized carbons (Fsp3) is 0.333. The number of benzene rings is 2. The molecule has 1 saturated carbocycles. The van der Waals surface area contributed by atoms with Crippen LogP contribution in [0.15, 0.2) is 57.5 Å². The van der Waals surface area contributed by atoms with E-state index in [0.29, 0.717) is 12.8 Å². The van der Waals surface area contributed by atoms with Gasteiger partial charge >= 0.3 is 0 Å². The molecule has 2 amide bonds. The van der Waals surface area contributed by atoms with Crippen molar-refractivity contribution in [3.8, 4) is 0 Å². The minimum Gasteiger partial charge on any atom is -0.332 e. The summed E-state index contributed by atoms with van der Waals surface area (Å²) in [6.45, 7) is 4.20. The first-order valence-corrected chi connectivity index (χ1v) is 13.2. The molecule has 1 aliphatic carbocycles. The first-order chi connectivity index (χ1) is 16.0. The molecule has 2 aromatic rings. The molecule has 10 heteroatoms. The largest absolute Gasteiger partial charge is 0.332 e. The Hall–Kier alpha value is -1.88. The van der Waals surface area contributed by atoms with Gasteiger partial charge in [-0.25, -0.2) is 0 Å². The van der Waals surface area contributed by atoms with Crippen molar-refractivity contribution in [2.24, 2.45) is 17.3 Å². The summed E-state index contributed by atoms with van der Waals surface area (Å²) in [5, 5.41) is 12.1. The second kappa shape index (κ2) is 11.7. The molecule has 0 saturated heterocycles. The van der Waals surface area contributed by atoms with Gasteiger partial charge in [-0.05, 0) is 96.6 Å². The van der Waals surface area contributed by atoms with Gasteiger partial charge in [-0.3, -0.25) is 9.59 Å². The normalized spacial score (nSPS) is 18.2. The summed E-state index contributed by atoms with van der Waals surface area (Å²) in [6.07, 6.45) is 1.52. The smallest absolute Gasteiger partial charge is 0.226 e. The van der Waals surface area contributed by atoms with Gasteiger partial charge in [0.25, 0.3) is 0 Å². The molecule has 0 spiro atoms. The summed E-state index contributed by atoms with van der Waals surface area (Å²) in [7, 11) is 0. The number of carbonyl (C=O) groups is 2. The number of hydrogen-bond donors (Lipinski definition) is 4. The molecule has 3 rings (SSSR count). The molecule has 0 heterocycles. The third kappa shape index (κ3) is 7.56. The van der Waals surface area contributed by atoms with E-state index in [0.717, 1.165) is 26.7 Å². The van der Waals surface area contributed by atoms with E-state index in [1.54, 1.807) is 0 Å². The standard InChI is InChI=1S/C24H26Br2N4O2S2/c1-24(2)14(12-20(31)29-22(33)27-18-7-3-16(25)4-8-18)11-15(24)13-21(32)30-23(34)28-19-9-5-17(26)6-10-19/h3-10,14-15H,11-13H2,1-2H3,(H2,27,29,31,33)(H2,28,30,32,34). The van der Waals surface area contributed by atoms with Gasteiger partial charge in [0, 0.05) is 33.2 Å². The molecule has 0 bridgehead atoms. The SMILES string of the molecule is CC1(C)C(CC(=O)NC(=S)Nc2ccc(Br)cc2)CC1CC(=O)NC(=S)Nc1ccc(Br)cc1.